The highest BCUT2D eigenvalue weighted by atomic mass is 32.1. The molecule has 142 valence electrons. The van der Waals surface area contributed by atoms with Crippen molar-refractivity contribution in [2.75, 3.05) is 18.0 Å². The molecule has 5 rings (SSSR count). The minimum atomic E-state index is -0.0117. The first-order chi connectivity index (χ1) is 13.7. The molecule has 1 atom stereocenters. The fourth-order valence-corrected chi connectivity index (χ4v) is 5.92. The summed E-state index contributed by atoms with van der Waals surface area (Å²) in [7, 11) is 0. The fourth-order valence-electron chi connectivity index (χ4n) is 4.16. The SMILES string of the molecule is O=C1CCCN1c1ccc(C(=O)N2CCc3sccc3[C@@H]2c2cccs2)cc1. The summed E-state index contributed by atoms with van der Waals surface area (Å²) in [6.07, 6.45) is 2.42. The molecule has 2 amide bonds. The van der Waals surface area contributed by atoms with Crippen molar-refractivity contribution < 1.29 is 9.59 Å². The molecule has 0 aliphatic carbocycles. The predicted molar refractivity (Wildman–Crippen MR) is 113 cm³/mol. The van der Waals surface area contributed by atoms with Crippen LogP contribution in [-0.4, -0.2) is 29.8 Å². The Labute approximate surface area is 172 Å². The van der Waals surface area contributed by atoms with E-state index in [-0.39, 0.29) is 17.9 Å². The molecular weight excluding hydrogens is 388 g/mol. The molecule has 2 aliphatic rings. The third-order valence-electron chi connectivity index (χ3n) is 5.54. The van der Waals surface area contributed by atoms with E-state index in [9.17, 15) is 9.59 Å². The molecule has 4 heterocycles. The van der Waals surface area contributed by atoms with E-state index in [4.69, 9.17) is 0 Å². The Kier molecular flexibility index (Phi) is 4.53. The van der Waals surface area contributed by atoms with E-state index in [1.165, 1.54) is 15.3 Å². The van der Waals surface area contributed by atoms with Crippen LogP contribution in [0.25, 0.3) is 0 Å². The van der Waals surface area contributed by atoms with Crippen LogP contribution in [0.5, 0.6) is 0 Å². The monoisotopic (exact) mass is 408 g/mol. The van der Waals surface area contributed by atoms with Crippen molar-refractivity contribution in [3.05, 3.63) is 74.1 Å². The molecule has 1 aromatic carbocycles. The van der Waals surface area contributed by atoms with Crippen molar-refractivity contribution in [3.8, 4) is 0 Å². The van der Waals surface area contributed by atoms with Crippen molar-refractivity contribution >= 4 is 40.2 Å². The van der Waals surface area contributed by atoms with E-state index in [0.29, 0.717) is 12.0 Å². The van der Waals surface area contributed by atoms with E-state index in [1.807, 2.05) is 35.2 Å². The van der Waals surface area contributed by atoms with Crippen molar-refractivity contribution in [2.24, 2.45) is 0 Å². The summed E-state index contributed by atoms with van der Waals surface area (Å²) in [6, 6.07) is 13.8. The second kappa shape index (κ2) is 7.18. The Hall–Kier alpha value is -2.44. The number of anilines is 1. The zero-order valence-corrected chi connectivity index (χ0v) is 17.0. The number of nitrogens with zero attached hydrogens (tertiary/aromatic N) is 2. The second-order valence-corrected chi connectivity index (χ2v) is 9.14. The van der Waals surface area contributed by atoms with Crippen LogP contribution in [0.2, 0.25) is 0 Å². The van der Waals surface area contributed by atoms with Crippen LogP contribution in [0.3, 0.4) is 0 Å². The Morgan fingerprint density at radius 3 is 2.54 bits per heavy atom. The van der Waals surface area contributed by atoms with Gasteiger partial charge in [0.15, 0.2) is 0 Å². The van der Waals surface area contributed by atoms with Crippen molar-refractivity contribution in [1.29, 1.82) is 0 Å². The van der Waals surface area contributed by atoms with E-state index < -0.39 is 0 Å². The van der Waals surface area contributed by atoms with Crippen LogP contribution in [0.15, 0.2) is 53.2 Å². The summed E-state index contributed by atoms with van der Waals surface area (Å²) in [5.74, 6) is 0.215. The minimum Gasteiger partial charge on any atom is -0.326 e. The van der Waals surface area contributed by atoms with Crippen molar-refractivity contribution in [1.82, 2.24) is 4.90 Å². The molecule has 6 heteroatoms. The summed E-state index contributed by atoms with van der Waals surface area (Å²) in [5.41, 5.74) is 2.81. The smallest absolute Gasteiger partial charge is 0.254 e. The average molecular weight is 409 g/mol. The minimum absolute atomic E-state index is 0.0117. The molecule has 0 saturated carbocycles. The molecule has 0 N–H and O–H groups in total. The summed E-state index contributed by atoms with van der Waals surface area (Å²) in [6.45, 7) is 1.49. The standard InChI is InChI=1S/C22H20N2O2S2/c25-20-4-1-11-23(20)16-7-5-15(6-8-16)22(26)24-12-9-18-17(10-14-28-18)21(24)19-3-2-13-27-19/h2-3,5-8,10,13-14,21H,1,4,9,11-12H2/t21-/m1/s1. The summed E-state index contributed by atoms with van der Waals surface area (Å²) in [4.78, 5) is 31.7. The molecule has 1 fully saturated rings. The molecule has 0 radical (unpaired) electrons. The maximum atomic E-state index is 13.4. The second-order valence-electron chi connectivity index (χ2n) is 7.16. The zero-order chi connectivity index (χ0) is 19.1. The Morgan fingerprint density at radius 2 is 1.82 bits per heavy atom. The normalized spacial score (nSPS) is 19.1. The van der Waals surface area contributed by atoms with Crippen LogP contribution in [-0.2, 0) is 11.2 Å². The molecule has 0 unspecified atom stereocenters. The molecule has 0 spiro atoms. The quantitative estimate of drug-likeness (QED) is 0.629. The summed E-state index contributed by atoms with van der Waals surface area (Å²) >= 11 is 3.48. The van der Waals surface area contributed by atoms with Gasteiger partial charge in [-0.3, -0.25) is 9.59 Å². The van der Waals surface area contributed by atoms with E-state index in [2.05, 4.69) is 22.9 Å². The first-order valence-corrected chi connectivity index (χ1v) is 11.3. The molecule has 0 bridgehead atoms. The lowest BCUT2D eigenvalue weighted by atomic mass is 9.97. The van der Waals surface area contributed by atoms with Gasteiger partial charge < -0.3 is 9.80 Å². The molecule has 1 saturated heterocycles. The van der Waals surface area contributed by atoms with Crippen LogP contribution >= 0.6 is 22.7 Å². The van der Waals surface area contributed by atoms with E-state index in [1.54, 1.807) is 27.6 Å². The van der Waals surface area contributed by atoms with Gasteiger partial charge >= 0.3 is 0 Å². The number of rotatable bonds is 3. The lowest BCUT2D eigenvalue weighted by Crippen LogP contribution is -2.39. The lowest BCUT2D eigenvalue weighted by molar-refractivity contribution is -0.117. The van der Waals surface area contributed by atoms with Gasteiger partial charge in [0.2, 0.25) is 5.91 Å². The van der Waals surface area contributed by atoms with E-state index in [0.717, 1.165) is 31.6 Å². The molecule has 3 aromatic rings. The van der Waals surface area contributed by atoms with Gasteiger partial charge in [-0.05, 0) is 65.6 Å². The van der Waals surface area contributed by atoms with Crippen LogP contribution < -0.4 is 4.90 Å². The van der Waals surface area contributed by atoms with Gasteiger partial charge in [-0.1, -0.05) is 6.07 Å². The van der Waals surface area contributed by atoms with Gasteiger partial charge in [0, 0.05) is 40.5 Å². The molecule has 2 aromatic heterocycles. The number of carbonyl (C=O) groups excluding carboxylic acids is 2. The number of benzene rings is 1. The lowest BCUT2D eigenvalue weighted by Gasteiger charge is -2.35. The molecule has 4 nitrogen and oxygen atoms in total. The highest BCUT2D eigenvalue weighted by molar-refractivity contribution is 7.10. The maximum Gasteiger partial charge on any atom is 0.254 e. The van der Waals surface area contributed by atoms with Crippen molar-refractivity contribution in [2.45, 2.75) is 25.3 Å². The van der Waals surface area contributed by atoms with Gasteiger partial charge in [0.05, 0.1) is 6.04 Å². The highest BCUT2D eigenvalue weighted by Crippen LogP contribution is 2.40. The van der Waals surface area contributed by atoms with Gasteiger partial charge in [0.25, 0.3) is 5.91 Å². The topological polar surface area (TPSA) is 40.6 Å². The Morgan fingerprint density at radius 1 is 0.964 bits per heavy atom. The maximum absolute atomic E-state index is 13.4. The van der Waals surface area contributed by atoms with Crippen LogP contribution in [0.1, 0.15) is 44.6 Å². The molecule has 2 aliphatic heterocycles. The average Bonchev–Trinajstić information content (AvgIpc) is 3.48. The van der Waals surface area contributed by atoms with Gasteiger partial charge in [-0.25, -0.2) is 0 Å². The predicted octanol–water partition coefficient (Wildman–Crippen LogP) is 4.72. The number of carbonyl (C=O) groups is 2. The third kappa shape index (κ3) is 2.97. The molecule has 28 heavy (non-hydrogen) atoms. The molecular formula is C22H20N2O2S2. The number of thiophene rings is 2. The van der Waals surface area contributed by atoms with Gasteiger partial charge in [0.1, 0.15) is 0 Å². The third-order valence-corrected chi connectivity index (χ3v) is 7.46. The number of amides is 2. The Balaban J connectivity index is 1.45. The highest BCUT2D eigenvalue weighted by Gasteiger charge is 2.34. The van der Waals surface area contributed by atoms with Gasteiger partial charge in [-0.2, -0.15) is 0 Å². The first kappa shape index (κ1) is 17.6. The van der Waals surface area contributed by atoms with Crippen LogP contribution in [0.4, 0.5) is 5.69 Å². The van der Waals surface area contributed by atoms with Crippen LogP contribution in [0, 0.1) is 0 Å². The number of hydrogen-bond acceptors (Lipinski definition) is 4. The Bertz CT molecular complexity index is 1010. The number of fused-ring (bicyclic) bond motifs is 1. The fraction of sp³-hybridized carbons (Fsp3) is 0.273. The van der Waals surface area contributed by atoms with E-state index >= 15 is 0 Å². The summed E-state index contributed by atoms with van der Waals surface area (Å²) in [5, 5.41) is 4.20. The number of hydrogen-bond donors (Lipinski definition) is 0. The largest absolute Gasteiger partial charge is 0.326 e. The zero-order valence-electron chi connectivity index (χ0n) is 15.3. The van der Waals surface area contributed by atoms with Gasteiger partial charge in [-0.15, -0.1) is 22.7 Å². The summed E-state index contributed by atoms with van der Waals surface area (Å²) < 4.78 is 0. The first-order valence-electron chi connectivity index (χ1n) is 9.53. The van der Waals surface area contributed by atoms with Crippen molar-refractivity contribution in [3.63, 3.8) is 0 Å².